The van der Waals surface area contributed by atoms with Crippen molar-refractivity contribution >= 4 is 5.78 Å². The molecule has 0 fully saturated rings. The Kier molecular flexibility index (Phi) is 3.62. The van der Waals surface area contributed by atoms with Crippen molar-refractivity contribution in [2.75, 3.05) is 0 Å². The average Bonchev–Trinajstić information content (AvgIpc) is 2.38. The molecule has 0 saturated carbocycles. The molecular formula is C13H11FN2O2. The van der Waals surface area contributed by atoms with Crippen LogP contribution in [0.3, 0.4) is 0 Å². The highest BCUT2D eigenvalue weighted by molar-refractivity contribution is 5.96. The summed E-state index contributed by atoms with van der Waals surface area (Å²) in [6.45, 7) is 1.49. The van der Waals surface area contributed by atoms with Crippen LogP contribution in [0.15, 0.2) is 36.7 Å². The third-order valence-electron chi connectivity index (χ3n) is 2.30. The van der Waals surface area contributed by atoms with E-state index in [1.165, 1.54) is 19.1 Å². The molecule has 0 N–H and O–H groups in total. The number of ether oxygens (including phenoxy) is 1. The van der Waals surface area contributed by atoms with Gasteiger partial charge in [0.05, 0.1) is 5.56 Å². The maximum atomic E-state index is 13.0. The van der Waals surface area contributed by atoms with Crippen molar-refractivity contribution < 1.29 is 13.9 Å². The zero-order chi connectivity index (χ0) is 13.0. The minimum atomic E-state index is -0.469. The molecule has 0 aliphatic carbocycles. The standard InChI is InChI=1S/C13H11FN2O2/c1-9(17)11-7-10(14)3-4-12(11)18-8-13-15-5-2-6-16-13/h2-7H,8H2,1H3. The minimum absolute atomic E-state index is 0.132. The monoisotopic (exact) mass is 246 g/mol. The second-order valence-corrected chi connectivity index (χ2v) is 3.65. The molecule has 0 bridgehead atoms. The first-order valence-electron chi connectivity index (χ1n) is 5.36. The van der Waals surface area contributed by atoms with Gasteiger partial charge in [0.1, 0.15) is 18.2 Å². The molecule has 0 radical (unpaired) electrons. The quantitative estimate of drug-likeness (QED) is 0.777. The molecule has 0 spiro atoms. The van der Waals surface area contributed by atoms with E-state index >= 15 is 0 Å². The number of nitrogens with zero attached hydrogens (tertiary/aromatic N) is 2. The van der Waals surface area contributed by atoms with Gasteiger partial charge in [0.2, 0.25) is 0 Å². The largest absolute Gasteiger partial charge is 0.485 e. The maximum absolute atomic E-state index is 13.0. The Balaban J connectivity index is 2.17. The molecule has 1 aromatic carbocycles. The molecule has 2 rings (SSSR count). The van der Waals surface area contributed by atoms with Gasteiger partial charge in [-0.2, -0.15) is 0 Å². The van der Waals surface area contributed by atoms with Gasteiger partial charge < -0.3 is 4.74 Å². The fraction of sp³-hybridized carbons (Fsp3) is 0.154. The summed E-state index contributed by atoms with van der Waals surface area (Å²) in [6, 6.07) is 5.52. The molecule has 0 amide bonds. The van der Waals surface area contributed by atoms with Crippen molar-refractivity contribution in [2.24, 2.45) is 0 Å². The summed E-state index contributed by atoms with van der Waals surface area (Å²) in [5.41, 5.74) is 0.214. The van der Waals surface area contributed by atoms with E-state index in [2.05, 4.69) is 9.97 Å². The van der Waals surface area contributed by atoms with Crippen LogP contribution in [-0.4, -0.2) is 15.8 Å². The maximum Gasteiger partial charge on any atom is 0.166 e. The number of aromatic nitrogens is 2. The number of halogens is 1. The van der Waals surface area contributed by atoms with Crippen LogP contribution in [0.1, 0.15) is 23.1 Å². The summed E-state index contributed by atoms with van der Waals surface area (Å²) in [5.74, 6) is 0.106. The van der Waals surface area contributed by atoms with E-state index in [9.17, 15) is 9.18 Å². The molecule has 0 atom stereocenters. The van der Waals surface area contributed by atoms with Gasteiger partial charge in [-0.05, 0) is 31.2 Å². The van der Waals surface area contributed by atoms with Gasteiger partial charge in [0.25, 0.3) is 0 Å². The first-order chi connectivity index (χ1) is 8.66. The third kappa shape index (κ3) is 2.88. The summed E-state index contributed by atoms with van der Waals surface area (Å²) in [6.07, 6.45) is 3.20. The normalized spacial score (nSPS) is 10.1. The van der Waals surface area contributed by atoms with Gasteiger partial charge >= 0.3 is 0 Å². The first kappa shape index (κ1) is 12.2. The Morgan fingerprint density at radius 3 is 2.72 bits per heavy atom. The first-order valence-corrected chi connectivity index (χ1v) is 5.36. The van der Waals surface area contributed by atoms with Crippen molar-refractivity contribution in [2.45, 2.75) is 13.5 Å². The molecule has 0 aliphatic heterocycles. The zero-order valence-electron chi connectivity index (χ0n) is 9.76. The Hall–Kier alpha value is -2.30. The van der Waals surface area contributed by atoms with E-state index in [1.807, 2.05) is 0 Å². The number of hydrogen-bond donors (Lipinski definition) is 0. The van der Waals surface area contributed by atoms with Crippen molar-refractivity contribution in [1.29, 1.82) is 0 Å². The van der Waals surface area contributed by atoms with Crippen LogP contribution in [-0.2, 0) is 6.61 Å². The number of rotatable bonds is 4. The number of hydrogen-bond acceptors (Lipinski definition) is 4. The lowest BCUT2D eigenvalue weighted by Crippen LogP contribution is -2.04. The number of Topliss-reactive ketones (excluding diaryl/α,β-unsaturated/α-hetero) is 1. The Morgan fingerprint density at radius 2 is 2.06 bits per heavy atom. The number of benzene rings is 1. The SMILES string of the molecule is CC(=O)c1cc(F)ccc1OCc1ncccn1. The van der Waals surface area contributed by atoms with Crippen molar-refractivity contribution in [3.05, 3.63) is 53.9 Å². The molecule has 18 heavy (non-hydrogen) atoms. The fourth-order valence-corrected chi connectivity index (χ4v) is 1.45. The topological polar surface area (TPSA) is 52.1 Å². The molecule has 0 saturated heterocycles. The van der Waals surface area contributed by atoms with E-state index in [1.54, 1.807) is 18.5 Å². The van der Waals surface area contributed by atoms with E-state index in [0.29, 0.717) is 11.6 Å². The molecule has 4 nitrogen and oxygen atoms in total. The van der Waals surface area contributed by atoms with Crippen molar-refractivity contribution in [1.82, 2.24) is 9.97 Å². The fourth-order valence-electron chi connectivity index (χ4n) is 1.45. The molecular weight excluding hydrogens is 235 g/mol. The number of carbonyl (C=O) groups is 1. The Bertz CT molecular complexity index is 558. The molecule has 92 valence electrons. The highest BCUT2D eigenvalue weighted by Gasteiger charge is 2.10. The predicted octanol–water partition coefficient (Wildman–Crippen LogP) is 2.40. The van der Waals surface area contributed by atoms with Gasteiger partial charge in [0.15, 0.2) is 11.6 Å². The molecule has 1 heterocycles. The summed E-state index contributed by atoms with van der Waals surface area (Å²) in [4.78, 5) is 19.3. The average molecular weight is 246 g/mol. The molecule has 0 aliphatic rings. The number of ketones is 1. The van der Waals surface area contributed by atoms with Crippen molar-refractivity contribution in [3.8, 4) is 5.75 Å². The van der Waals surface area contributed by atoms with Crippen LogP contribution in [0, 0.1) is 5.82 Å². The lowest BCUT2D eigenvalue weighted by atomic mass is 10.1. The molecule has 5 heteroatoms. The lowest BCUT2D eigenvalue weighted by Gasteiger charge is -2.08. The summed E-state index contributed by atoms with van der Waals surface area (Å²) >= 11 is 0. The van der Waals surface area contributed by atoms with Crippen LogP contribution in [0.5, 0.6) is 5.75 Å². The molecule has 1 aromatic heterocycles. The minimum Gasteiger partial charge on any atom is -0.485 e. The predicted molar refractivity (Wildman–Crippen MR) is 62.8 cm³/mol. The van der Waals surface area contributed by atoms with Gasteiger partial charge in [-0.1, -0.05) is 0 Å². The Labute approximate surface area is 103 Å². The molecule has 2 aromatic rings. The number of carbonyl (C=O) groups excluding carboxylic acids is 1. The van der Waals surface area contributed by atoms with Gasteiger partial charge in [0, 0.05) is 12.4 Å². The highest BCUT2D eigenvalue weighted by atomic mass is 19.1. The van der Waals surface area contributed by atoms with E-state index < -0.39 is 5.82 Å². The third-order valence-corrected chi connectivity index (χ3v) is 2.30. The second kappa shape index (κ2) is 5.35. The van der Waals surface area contributed by atoms with Crippen LogP contribution in [0.4, 0.5) is 4.39 Å². The Morgan fingerprint density at radius 1 is 1.33 bits per heavy atom. The van der Waals surface area contributed by atoms with Gasteiger partial charge in [-0.15, -0.1) is 0 Å². The van der Waals surface area contributed by atoms with E-state index in [-0.39, 0.29) is 18.0 Å². The van der Waals surface area contributed by atoms with E-state index in [0.717, 1.165) is 6.07 Å². The van der Waals surface area contributed by atoms with Crippen LogP contribution < -0.4 is 4.74 Å². The van der Waals surface area contributed by atoms with Crippen LogP contribution in [0.25, 0.3) is 0 Å². The summed E-state index contributed by atoms with van der Waals surface area (Å²) in [5, 5.41) is 0. The van der Waals surface area contributed by atoms with Crippen LogP contribution >= 0.6 is 0 Å². The van der Waals surface area contributed by atoms with Gasteiger partial charge in [-0.3, -0.25) is 4.79 Å². The lowest BCUT2D eigenvalue weighted by molar-refractivity contribution is 0.101. The smallest absolute Gasteiger partial charge is 0.166 e. The van der Waals surface area contributed by atoms with Gasteiger partial charge in [-0.25, -0.2) is 14.4 Å². The molecule has 0 unspecified atom stereocenters. The van der Waals surface area contributed by atoms with E-state index in [4.69, 9.17) is 4.74 Å². The summed E-state index contributed by atoms with van der Waals surface area (Å²) < 4.78 is 18.5. The second-order valence-electron chi connectivity index (χ2n) is 3.65. The summed E-state index contributed by atoms with van der Waals surface area (Å²) in [7, 11) is 0. The zero-order valence-corrected chi connectivity index (χ0v) is 9.76. The highest BCUT2D eigenvalue weighted by Crippen LogP contribution is 2.20. The van der Waals surface area contributed by atoms with Crippen molar-refractivity contribution in [3.63, 3.8) is 0 Å². The van der Waals surface area contributed by atoms with Crippen LogP contribution in [0.2, 0.25) is 0 Å².